The average Bonchev–Trinajstić information content (AvgIpc) is 3.58. The van der Waals surface area contributed by atoms with Crippen LogP contribution >= 0.6 is 11.6 Å². The molecule has 31 heavy (non-hydrogen) atoms. The summed E-state index contributed by atoms with van der Waals surface area (Å²) >= 11 is 6.15. The van der Waals surface area contributed by atoms with Crippen molar-refractivity contribution < 1.29 is 22.8 Å². The van der Waals surface area contributed by atoms with Crippen molar-refractivity contribution in [3.05, 3.63) is 70.0 Å². The van der Waals surface area contributed by atoms with E-state index in [4.69, 9.17) is 11.6 Å². The molecular weight excluding hydrogens is 429 g/mol. The van der Waals surface area contributed by atoms with Crippen molar-refractivity contribution in [1.82, 2.24) is 9.80 Å². The number of amides is 2. The molecule has 1 heterocycles. The molecular formula is C23H22ClF3N2O2. The van der Waals surface area contributed by atoms with Gasteiger partial charge in [-0.25, -0.2) is 13.2 Å². The molecule has 0 unspecified atom stereocenters. The molecule has 1 aliphatic carbocycles. The molecule has 1 saturated heterocycles. The first-order valence-electron chi connectivity index (χ1n) is 10.3. The van der Waals surface area contributed by atoms with Gasteiger partial charge >= 0.3 is 0 Å². The summed E-state index contributed by atoms with van der Waals surface area (Å²) in [5.74, 6) is -2.96. The minimum absolute atomic E-state index is 0.0677. The number of piperidine rings is 1. The maximum atomic E-state index is 14.2. The highest BCUT2D eigenvalue weighted by Crippen LogP contribution is 2.33. The fraction of sp³-hybridized carbons (Fsp3) is 0.391. The normalized spacial score (nSPS) is 17.0. The van der Waals surface area contributed by atoms with Crippen LogP contribution in [0.25, 0.3) is 0 Å². The second kappa shape index (κ2) is 8.91. The van der Waals surface area contributed by atoms with Crippen LogP contribution < -0.4 is 0 Å². The van der Waals surface area contributed by atoms with E-state index in [2.05, 4.69) is 0 Å². The van der Waals surface area contributed by atoms with E-state index in [1.54, 1.807) is 11.0 Å². The lowest BCUT2D eigenvalue weighted by Gasteiger charge is -2.34. The van der Waals surface area contributed by atoms with Crippen molar-refractivity contribution in [1.29, 1.82) is 0 Å². The Balaban J connectivity index is 1.41. The predicted molar refractivity (Wildman–Crippen MR) is 110 cm³/mol. The van der Waals surface area contributed by atoms with Crippen molar-refractivity contribution in [2.24, 2.45) is 5.92 Å². The molecule has 2 fully saturated rings. The number of halogens is 4. The Morgan fingerprint density at radius 1 is 1.00 bits per heavy atom. The van der Waals surface area contributed by atoms with Gasteiger partial charge in [0.05, 0.1) is 12.1 Å². The summed E-state index contributed by atoms with van der Waals surface area (Å²) in [4.78, 5) is 29.0. The predicted octanol–water partition coefficient (Wildman–Crippen LogP) is 4.80. The third kappa shape index (κ3) is 4.71. The Morgan fingerprint density at radius 3 is 2.32 bits per heavy atom. The number of likely N-dealkylation sites (tertiary alicyclic amines) is 1. The monoisotopic (exact) mass is 450 g/mol. The lowest BCUT2D eigenvalue weighted by molar-refractivity contribution is -0.138. The van der Waals surface area contributed by atoms with Crippen LogP contribution in [0.1, 0.15) is 41.6 Å². The van der Waals surface area contributed by atoms with Crippen molar-refractivity contribution in [3.8, 4) is 0 Å². The molecule has 0 N–H and O–H groups in total. The zero-order valence-electron chi connectivity index (χ0n) is 16.8. The lowest BCUT2D eigenvalue weighted by Crippen LogP contribution is -2.45. The summed E-state index contributed by atoms with van der Waals surface area (Å²) in [5.41, 5.74) is 0.129. The molecule has 0 atom stereocenters. The van der Waals surface area contributed by atoms with E-state index in [-0.39, 0.29) is 30.0 Å². The molecule has 2 aromatic carbocycles. The first-order chi connectivity index (χ1) is 14.8. The van der Waals surface area contributed by atoms with Crippen LogP contribution in [0.2, 0.25) is 5.02 Å². The average molecular weight is 451 g/mol. The van der Waals surface area contributed by atoms with Crippen LogP contribution in [0.3, 0.4) is 0 Å². The first kappa shape index (κ1) is 21.7. The van der Waals surface area contributed by atoms with Gasteiger partial charge in [0, 0.05) is 41.7 Å². The van der Waals surface area contributed by atoms with Gasteiger partial charge in [0.2, 0.25) is 5.91 Å². The van der Waals surface area contributed by atoms with Gasteiger partial charge in [0.15, 0.2) is 0 Å². The van der Waals surface area contributed by atoms with E-state index in [0.717, 1.165) is 25.0 Å². The highest BCUT2D eigenvalue weighted by atomic mass is 35.5. The molecule has 2 amide bonds. The second-order valence-electron chi connectivity index (χ2n) is 8.09. The number of hydrogen-bond acceptors (Lipinski definition) is 2. The van der Waals surface area contributed by atoms with Gasteiger partial charge in [0.25, 0.3) is 5.91 Å². The maximum Gasteiger partial charge on any atom is 0.256 e. The highest BCUT2D eigenvalue weighted by molar-refractivity contribution is 6.31. The Hall–Kier alpha value is -2.54. The summed E-state index contributed by atoms with van der Waals surface area (Å²) in [6.07, 6.45) is 2.61. The van der Waals surface area contributed by atoms with Gasteiger partial charge < -0.3 is 9.80 Å². The molecule has 164 valence electrons. The van der Waals surface area contributed by atoms with Crippen LogP contribution in [-0.2, 0) is 11.3 Å². The number of carbonyl (C=O) groups excluding carboxylic acids is 2. The number of hydrogen-bond donors (Lipinski definition) is 0. The molecule has 4 rings (SSSR count). The van der Waals surface area contributed by atoms with E-state index in [0.29, 0.717) is 42.6 Å². The molecule has 0 bridgehead atoms. The highest BCUT2D eigenvalue weighted by Gasteiger charge is 2.38. The molecule has 0 radical (unpaired) electrons. The number of benzene rings is 2. The molecule has 2 aromatic rings. The Labute approximate surface area is 183 Å². The Kier molecular flexibility index (Phi) is 6.23. The van der Waals surface area contributed by atoms with Gasteiger partial charge in [0.1, 0.15) is 17.5 Å². The van der Waals surface area contributed by atoms with Gasteiger partial charge in [-0.1, -0.05) is 17.7 Å². The zero-order chi connectivity index (χ0) is 22.1. The van der Waals surface area contributed by atoms with Crippen molar-refractivity contribution in [2.45, 2.75) is 38.3 Å². The molecule has 8 heteroatoms. The fourth-order valence-corrected chi connectivity index (χ4v) is 4.25. The quantitative estimate of drug-likeness (QED) is 0.656. The molecule has 1 saturated carbocycles. The summed E-state index contributed by atoms with van der Waals surface area (Å²) < 4.78 is 41.3. The minimum Gasteiger partial charge on any atom is -0.339 e. The van der Waals surface area contributed by atoms with Crippen molar-refractivity contribution in [3.63, 3.8) is 0 Å². The smallest absolute Gasteiger partial charge is 0.256 e. The van der Waals surface area contributed by atoms with E-state index >= 15 is 0 Å². The fourth-order valence-electron chi connectivity index (χ4n) is 4.02. The zero-order valence-corrected chi connectivity index (χ0v) is 17.5. The van der Waals surface area contributed by atoms with Gasteiger partial charge in [-0.2, -0.15) is 0 Å². The topological polar surface area (TPSA) is 40.6 Å². The first-order valence-corrected chi connectivity index (χ1v) is 10.7. The summed E-state index contributed by atoms with van der Waals surface area (Å²) in [5, 5.41) is 0.292. The molecule has 1 aliphatic heterocycles. The molecule has 2 aliphatic rings. The van der Waals surface area contributed by atoms with Crippen LogP contribution in [0.5, 0.6) is 0 Å². The second-order valence-corrected chi connectivity index (χ2v) is 8.50. The Bertz CT molecular complexity index is 984. The van der Waals surface area contributed by atoms with Gasteiger partial charge in [-0.05, 0) is 49.9 Å². The van der Waals surface area contributed by atoms with Crippen molar-refractivity contribution >= 4 is 23.4 Å². The van der Waals surface area contributed by atoms with E-state index < -0.39 is 23.4 Å². The number of carbonyl (C=O) groups is 2. The van der Waals surface area contributed by atoms with E-state index in [1.807, 2.05) is 0 Å². The van der Waals surface area contributed by atoms with E-state index in [9.17, 15) is 22.8 Å². The number of rotatable bonds is 5. The largest absolute Gasteiger partial charge is 0.339 e. The summed E-state index contributed by atoms with van der Waals surface area (Å²) in [6.45, 7) is 0.713. The molecule has 0 aromatic heterocycles. The molecule has 4 nitrogen and oxygen atoms in total. The van der Waals surface area contributed by atoms with Crippen LogP contribution in [0.4, 0.5) is 13.2 Å². The molecule has 0 spiro atoms. The lowest BCUT2D eigenvalue weighted by atomic mass is 9.94. The van der Waals surface area contributed by atoms with Gasteiger partial charge in [-0.15, -0.1) is 0 Å². The standard InChI is InChI=1S/C23H22ClF3N2O2/c24-19-2-1-3-20(26)18(19)13-29(16-5-6-16)22(30)14-8-10-28(11-9-14)23(31)17-7-4-15(25)12-21(17)27/h1-4,7,12,14,16H,5-6,8-11,13H2. The van der Waals surface area contributed by atoms with Crippen LogP contribution in [-0.4, -0.2) is 40.7 Å². The van der Waals surface area contributed by atoms with Crippen LogP contribution in [0.15, 0.2) is 36.4 Å². The SMILES string of the molecule is O=C(c1ccc(F)cc1F)N1CCC(C(=O)N(Cc2c(F)cccc2Cl)C2CC2)CC1. The third-order valence-electron chi connectivity index (χ3n) is 5.95. The van der Waals surface area contributed by atoms with Crippen LogP contribution in [0, 0.1) is 23.4 Å². The van der Waals surface area contributed by atoms with Gasteiger partial charge in [-0.3, -0.25) is 9.59 Å². The minimum atomic E-state index is -0.898. The summed E-state index contributed by atoms with van der Waals surface area (Å²) in [6, 6.07) is 7.41. The Morgan fingerprint density at radius 2 is 1.71 bits per heavy atom. The number of nitrogens with zero attached hydrogens (tertiary/aromatic N) is 2. The maximum absolute atomic E-state index is 14.2. The van der Waals surface area contributed by atoms with E-state index in [1.165, 1.54) is 17.0 Å². The van der Waals surface area contributed by atoms with Crippen molar-refractivity contribution in [2.75, 3.05) is 13.1 Å². The third-order valence-corrected chi connectivity index (χ3v) is 6.31. The summed E-state index contributed by atoms with van der Waals surface area (Å²) in [7, 11) is 0.